The van der Waals surface area contributed by atoms with E-state index >= 15 is 0 Å². The van der Waals surface area contributed by atoms with Crippen LogP contribution in [0.15, 0.2) is 29.2 Å². The number of anilines is 1. The van der Waals surface area contributed by atoms with E-state index in [-0.39, 0.29) is 0 Å². The Morgan fingerprint density at radius 3 is 3.17 bits per heavy atom. The third-order valence-corrected chi connectivity index (χ3v) is 2.54. The number of nitrogens with one attached hydrogen (secondary N) is 1. The molecule has 0 aromatic carbocycles. The second-order valence-corrected chi connectivity index (χ2v) is 3.84. The Morgan fingerprint density at radius 1 is 1.39 bits per heavy atom. The largest absolute Gasteiger partial charge is 0.368 e. The standard InChI is InChI=1S/C11H12N6O/c1-8-15-10(16-18-8)3-4-12-11-9-2-5-14-17(9)7-6-13-11/h2,5-7H,3-4H2,1H3,(H,12,13). The van der Waals surface area contributed by atoms with Crippen LogP contribution in [-0.4, -0.2) is 31.3 Å². The molecular formula is C11H12N6O. The quantitative estimate of drug-likeness (QED) is 0.739. The van der Waals surface area contributed by atoms with E-state index in [1.54, 1.807) is 23.8 Å². The maximum atomic E-state index is 4.91. The van der Waals surface area contributed by atoms with Crippen LogP contribution < -0.4 is 5.32 Å². The molecule has 0 saturated heterocycles. The lowest BCUT2D eigenvalue weighted by Crippen LogP contribution is -2.08. The summed E-state index contributed by atoms with van der Waals surface area (Å²) in [4.78, 5) is 8.42. The van der Waals surface area contributed by atoms with Gasteiger partial charge in [0, 0.05) is 32.3 Å². The van der Waals surface area contributed by atoms with Crippen LogP contribution in [0.3, 0.4) is 0 Å². The molecule has 0 aliphatic carbocycles. The molecule has 92 valence electrons. The van der Waals surface area contributed by atoms with Crippen LogP contribution in [0.1, 0.15) is 11.7 Å². The van der Waals surface area contributed by atoms with Crippen molar-refractivity contribution in [1.29, 1.82) is 0 Å². The minimum absolute atomic E-state index is 0.584. The van der Waals surface area contributed by atoms with Gasteiger partial charge in [-0.05, 0) is 6.07 Å². The second kappa shape index (κ2) is 4.44. The third kappa shape index (κ3) is 2.02. The van der Waals surface area contributed by atoms with Crippen LogP contribution >= 0.6 is 0 Å². The normalized spacial score (nSPS) is 10.9. The summed E-state index contributed by atoms with van der Waals surface area (Å²) in [5.74, 6) is 2.08. The Morgan fingerprint density at radius 2 is 2.33 bits per heavy atom. The van der Waals surface area contributed by atoms with Gasteiger partial charge in [0.15, 0.2) is 11.6 Å². The molecule has 0 atom stereocenters. The number of rotatable bonds is 4. The lowest BCUT2D eigenvalue weighted by Gasteiger charge is -2.04. The molecule has 3 rings (SSSR count). The molecule has 0 aliphatic rings. The topological polar surface area (TPSA) is 81.1 Å². The van der Waals surface area contributed by atoms with Crippen molar-refractivity contribution in [2.45, 2.75) is 13.3 Å². The predicted molar refractivity (Wildman–Crippen MR) is 64.2 cm³/mol. The molecule has 0 unspecified atom stereocenters. The highest BCUT2D eigenvalue weighted by Gasteiger charge is 2.04. The fourth-order valence-electron chi connectivity index (χ4n) is 1.73. The molecular weight excluding hydrogens is 232 g/mol. The van der Waals surface area contributed by atoms with Crippen LogP contribution in [0.5, 0.6) is 0 Å². The maximum absolute atomic E-state index is 4.91. The number of aryl methyl sites for hydroxylation is 1. The van der Waals surface area contributed by atoms with Gasteiger partial charge in [0.2, 0.25) is 5.89 Å². The van der Waals surface area contributed by atoms with E-state index in [0.717, 1.165) is 11.3 Å². The zero-order chi connectivity index (χ0) is 12.4. The van der Waals surface area contributed by atoms with Gasteiger partial charge in [-0.3, -0.25) is 0 Å². The van der Waals surface area contributed by atoms with Crippen LogP contribution in [0.25, 0.3) is 5.52 Å². The van der Waals surface area contributed by atoms with Gasteiger partial charge in [0.1, 0.15) is 5.52 Å². The highest BCUT2D eigenvalue weighted by atomic mass is 16.5. The summed E-state index contributed by atoms with van der Waals surface area (Å²) in [6.45, 7) is 2.47. The Balaban J connectivity index is 1.68. The molecule has 3 aromatic rings. The zero-order valence-electron chi connectivity index (χ0n) is 9.87. The number of nitrogens with zero attached hydrogens (tertiary/aromatic N) is 5. The van der Waals surface area contributed by atoms with Crippen LogP contribution in [0, 0.1) is 6.92 Å². The van der Waals surface area contributed by atoms with E-state index < -0.39 is 0 Å². The summed E-state index contributed by atoms with van der Waals surface area (Å²) < 4.78 is 6.68. The number of hydrogen-bond donors (Lipinski definition) is 1. The third-order valence-electron chi connectivity index (χ3n) is 2.54. The SMILES string of the molecule is Cc1nc(CCNc2nccn3nccc23)no1. The van der Waals surface area contributed by atoms with Crippen molar-refractivity contribution >= 4 is 11.3 Å². The van der Waals surface area contributed by atoms with Crippen molar-refractivity contribution in [3.8, 4) is 0 Å². The molecule has 1 N–H and O–H groups in total. The summed E-state index contributed by atoms with van der Waals surface area (Å²) >= 11 is 0. The Labute approximate surface area is 103 Å². The lowest BCUT2D eigenvalue weighted by atomic mass is 10.4. The van der Waals surface area contributed by atoms with Crippen molar-refractivity contribution in [3.05, 3.63) is 36.4 Å². The minimum atomic E-state index is 0.584. The molecule has 3 aromatic heterocycles. The van der Waals surface area contributed by atoms with Gasteiger partial charge in [0.25, 0.3) is 0 Å². The average Bonchev–Trinajstić information content (AvgIpc) is 2.98. The first-order chi connectivity index (χ1) is 8.83. The summed E-state index contributed by atoms with van der Waals surface area (Å²) in [6.07, 6.45) is 5.95. The Hall–Kier alpha value is -2.44. The molecule has 7 nitrogen and oxygen atoms in total. The van der Waals surface area contributed by atoms with Crippen LogP contribution in [-0.2, 0) is 6.42 Å². The van der Waals surface area contributed by atoms with E-state index in [9.17, 15) is 0 Å². The molecule has 0 amide bonds. The fraction of sp³-hybridized carbons (Fsp3) is 0.273. The average molecular weight is 244 g/mol. The molecule has 0 aliphatic heterocycles. The summed E-state index contributed by atoms with van der Waals surface area (Å²) in [6, 6.07) is 1.91. The highest BCUT2D eigenvalue weighted by molar-refractivity contribution is 5.66. The molecule has 7 heteroatoms. The summed E-state index contributed by atoms with van der Waals surface area (Å²) in [7, 11) is 0. The molecule has 0 bridgehead atoms. The molecule has 0 spiro atoms. The lowest BCUT2D eigenvalue weighted by molar-refractivity contribution is 0.387. The van der Waals surface area contributed by atoms with E-state index in [2.05, 4.69) is 25.5 Å². The van der Waals surface area contributed by atoms with E-state index in [1.165, 1.54) is 0 Å². The second-order valence-electron chi connectivity index (χ2n) is 3.84. The number of aromatic nitrogens is 5. The molecule has 0 fully saturated rings. The molecule has 0 saturated carbocycles. The summed E-state index contributed by atoms with van der Waals surface area (Å²) in [5, 5.41) is 11.2. The monoisotopic (exact) mass is 244 g/mol. The van der Waals surface area contributed by atoms with Gasteiger partial charge in [0.05, 0.1) is 6.20 Å². The first-order valence-electron chi connectivity index (χ1n) is 5.64. The van der Waals surface area contributed by atoms with E-state index in [0.29, 0.717) is 24.7 Å². The number of hydrogen-bond acceptors (Lipinski definition) is 6. The van der Waals surface area contributed by atoms with Gasteiger partial charge in [-0.1, -0.05) is 5.16 Å². The van der Waals surface area contributed by atoms with Gasteiger partial charge in [-0.25, -0.2) is 9.50 Å². The van der Waals surface area contributed by atoms with Gasteiger partial charge in [-0.15, -0.1) is 0 Å². The fourth-order valence-corrected chi connectivity index (χ4v) is 1.73. The molecule has 0 radical (unpaired) electrons. The minimum Gasteiger partial charge on any atom is -0.368 e. The van der Waals surface area contributed by atoms with Crippen molar-refractivity contribution in [3.63, 3.8) is 0 Å². The first kappa shape index (κ1) is 10.7. The van der Waals surface area contributed by atoms with Crippen molar-refractivity contribution < 1.29 is 4.52 Å². The van der Waals surface area contributed by atoms with E-state index in [1.807, 2.05) is 12.3 Å². The highest BCUT2D eigenvalue weighted by Crippen LogP contribution is 2.11. The van der Waals surface area contributed by atoms with Crippen molar-refractivity contribution in [2.75, 3.05) is 11.9 Å². The van der Waals surface area contributed by atoms with E-state index in [4.69, 9.17) is 4.52 Å². The molecule has 18 heavy (non-hydrogen) atoms. The molecule has 3 heterocycles. The van der Waals surface area contributed by atoms with Crippen LogP contribution in [0.2, 0.25) is 0 Å². The van der Waals surface area contributed by atoms with Gasteiger partial charge < -0.3 is 9.84 Å². The first-order valence-corrected chi connectivity index (χ1v) is 5.64. The Kier molecular flexibility index (Phi) is 2.64. The zero-order valence-corrected chi connectivity index (χ0v) is 9.87. The van der Waals surface area contributed by atoms with Gasteiger partial charge in [-0.2, -0.15) is 10.1 Å². The smallest absolute Gasteiger partial charge is 0.223 e. The Bertz CT molecular complexity index is 658. The maximum Gasteiger partial charge on any atom is 0.223 e. The predicted octanol–water partition coefficient (Wildman–Crippen LogP) is 1.08. The summed E-state index contributed by atoms with van der Waals surface area (Å²) in [5.41, 5.74) is 0.946. The van der Waals surface area contributed by atoms with Crippen molar-refractivity contribution in [1.82, 2.24) is 24.7 Å². The van der Waals surface area contributed by atoms with Crippen LogP contribution in [0.4, 0.5) is 5.82 Å². The van der Waals surface area contributed by atoms with Gasteiger partial charge >= 0.3 is 0 Å². The number of fused-ring (bicyclic) bond motifs is 1. The van der Waals surface area contributed by atoms with Crippen molar-refractivity contribution in [2.24, 2.45) is 0 Å².